The minimum absolute atomic E-state index is 0.252. The van der Waals surface area contributed by atoms with Gasteiger partial charge in [-0.1, -0.05) is 82.7 Å². The van der Waals surface area contributed by atoms with Crippen molar-refractivity contribution < 1.29 is 14.4 Å². The van der Waals surface area contributed by atoms with Crippen molar-refractivity contribution in [1.82, 2.24) is 0 Å². The van der Waals surface area contributed by atoms with E-state index in [2.05, 4.69) is 46.3 Å². The van der Waals surface area contributed by atoms with Crippen LogP contribution in [-0.4, -0.2) is 17.9 Å². The van der Waals surface area contributed by atoms with E-state index in [1.165, 1.54) is 4.90 Å². The Morgan fingerprint density at radius 2 is 1.24 bits per heavy atom. The molecule has 37 heavy (non-hydrogen) atoms. The first-order chi connectivity index (χ1) is 18.1. The van der Waals surface area contributed by atoms with E-state index in [4.69, 9.17) is 4.84 Å². The van der Waals surface area contributed by atoms with Crippen molar-refractivity contribution in [1.29, 1.82) is 0 Å². The number of halogens is 1. The topological polar surface area (TPSA) is 49.9 Å². The fraction of sp³-hybridized carbons (Fsp3) is 0.0968. The van der Waals surface area contributed by atoms with Crippen LogP contribution >= 0.6 is 15.9 Å². The molecule has 5 aromatic carbocycles. The molecule has 2 heterocycles. The van der Waals surface area contributed by atoms with E-state index in [1.54, 1.807) is 17.2 Å². The molecule has 3 atom stereocenters. The maximum Gasteiger partial charge on any atom is 0.266 e. The van der Waals surface area contributed by atoms with Gasteiger partial charge < -0.3 is 0 Å². The van der Waals surface area contributed by atoms with Crippen LogP contribution in [0.4, 0.5) is 11.4 Å². The highest BCUT2D eigenvalue weighted by Gasteiger charge is 2.60. The van der Waals surface area contributed by atoms with Gasteiger partial charge in [0.05, 0.1) is 17.4 Å². The lowest BCUT2D eigenvalue weighted by atomic mass is 9.84. The number of anilines is 2. The molecule has 6 heteroatoms. The number of amides is 2. The summed E-state index contributed by atoms with van der Waals surface area (Å²) in [6.45, 7) is 0. The van der Waals surface area contributed by atoms with Gasteiger partial charge in [-0.3, -0.25) is 14.4 Å². The Morgan fingerprint density at radius 3 is 1.89 bits per heavy atom. The summed E-state index contributed by atoms with van der Waals surface area (Å²) in [4.78, 5) is 35.5. The zero-order valence-corrected chi connectivity index (χ0v) is 21.2. The fourth-order valence-corrected chi connectivity index (χ4v) is 5.98. The summed E-state index contributed by atoms with van der Waals surface area (Å²) < 4.78 is 0.877. The first kappa shape index (κ1) is 22.2. The molecule has 2 fully saturated rings. The highest BCUT2D eigenvalue weighted by molar-refractivity contribution is 9.10. The summed E-state index contributed by atoms with van der Waals surface area (Å²) in [5, 5.41) is 6.01. The largest absolute Gasteiger partial charge is 0.273 e. The first-order valence-electron chi connectivity index (χ1n) is 12.2. The monoisotopic (exact) mass is 548 g/mol. The van der Waals surface area contributed by atoms with E-state index in [0.717, 1.165) is 37.3 Å². The number of imide groups is 1. The molecule has 0 unspecified atom stereocenters. The molecule has 0 aromatic heterocycles. The zero-order chi connectivity index (χ0) is 25.1. The van der Waals surface area contributed by atoms with Gasteiger partial charge in [-0.2, -0.15) is 0 Å². The third-order valence-corrected chi connectivity index (χ3v) is 7.85. The molecule has 2 amide bonds. The van der Waals surface area contributed by atoms with Gasteiger partial charge >= 0.3 is 0 Å². The number of fused-ring (bicyclic) bond motifs is 3. The standard InChI is InChI=1S/C31H21BrN2O3/c32-21-14-16-22(17-15-21)33-30(35)27-28(34(37-29(27)31(33)36)23-10-2-1-3-11-23)26-24-12-6-4-8-19(24)18-20-9-5-7-13-25(20)26/h1-18,27-29H/t27-,28-,29-/m0/s1. The molecule has 0 saturated carbocycles. The van der Waals surface area contributed by atoms with Crippen LogP contribution in [0, 0.1) is 5.92 Å². The van der Waals surface area contributed by atoms with Crippen molar-refractivity contribution in [3.63, 3.8) is 0 Å². The molecule has 2 saturated heterocycles. The Kier molecular flexibility index (Phi) is 5.13. The van der Waals surface area contributed by atoms with Crippen LogP contribution in [0.15, 0.2) is 114 Å². The number of rotatable bonds is 3. The van der Waals surface area contributed by atoms with Gasteiger partial charge in [0.2, 0.25) is 5.91 Å². The smallest absolute Gasteiger partial charge is 0.266 e. The van der Waals surface area contributed by atoms with E-state index in [0.29, 0.717) is 5.69 Å². The van der Waals surface area contributed by atoms with Crippen LogP contribution in [0.2, 0.25) is 0 Å². The number of carbonyl (C=O) groups is 2. The Labute approximate surface area is 221 Å². The zero-order valence-electron chi connectivity index (χ0n) is 19.6. The number of benzene rings is 5. The normalized spacial score (nSPS) is 21.3. The van der Waals surface area contributed by atoms with Gasteiger partial charge in [-0.25, -0.2) is 9.96 Å². The second-order valence-corrected chi connectivity index (χ2v) is 10.3. The van der Waals surface area contributed by atoms with Crippen molar-refractivity contribution in [2.75, 3.05) is 9.96 Å². The summed E-state index contributed by atoms with van der Waals surface area (Å²) in [6, 6.07) is 35.0. The predicted molar refractivity (Wildman–Crippen MR) is 148 cm³/mol. The van der Waals surface area contributed by atoms with Crippen LogP contribution in [0.3, 0.4) is 0 Å². The Bertz CT molecular complexity index is 1630. The molecule has 0 radical (unpaired) electrons. The lowest BCUT2D eigenvalue weighted by Crippen LogP contribution is -2.37. The minimum Gasteiger partial charge on any atom is -0.273 e. The molecule has 5 nitrogen and oxygen atoms in total. The minimum atomic E-state index is -0.918. The van der Waals surface area contributed by atoms with E-state index in [1.807, 2.05) is 66.7 Å². The lowest BCUT2D eigenvalue weighted by Gasteiger charge is -2.30. The van der Waals surface area contributed by atoms with Gasteiger partial charge in [0.25, 0.3) is 5.91 Å². The van der Waals surface area contributed by atoms with Crippen LogP contribution < -0.4 is 9.96 Å². The van der Waals surface area contributed by atoms with Gasteiger partial charge in [-0.05, 0) is 69.6 Å². The van der Waals surface area contributed by atoms with Crippen LogP contribution in [0.5, 0.6) is 0 Å². The summed E-state index contributed by atoms with van der Waals surface area (Å²) in [6.07, 6.45) is -0.918. The molecule has 0 aliphatic carbocycles. The van der Waals surface area contributed by atoms with E-state index >= 15 is 0 Å². The van der Waals surface area contributed by atoms with E-state index in [-0.39, 0.29) is 11.8 Å². The molecule has 5 aromatic rings. The summed E-state index contributed by atoms with van der Waals surface area (Å²) in [5.41, 5.74) is 2.34. The number of nitrogens with zero attached hydrogens (tertiary/aromatic N) is 2. The van der Waals surface area contributed by atoms with E-state index in [9.17, 15) is 9.59 Å². The van der Waals surface area contributed by atoms with Crippen molar-refractivity contribution in [3.05, 3.63) is 119 Å². The van der Waals surface area contributed by atoms with Crippen molar-refractivity contribution in [3.8, 4) is 0 Å². The molecular weight excluding hydrogens is 528 g/mol. The number of hydroxylamine groups is 1. The molecule has 0 N–H and O–H groups in total. The van der Waals surface area contributed by atoms with Crippen LogP contribution in [-0.2, 0) is 14.4 Å². The van der Waals surface area contributed by atoms with Gasteiger partial charge in [0, 0.05) is 4.47 Å². The Morgan fingerprint density at radius 1 is 0.649 bits per heavy atom. The average molecular weight is 549 g/mol. The Hall–Kier alpha value is -4.00. The highest BCUT2D eigenvalue weighted by Crippen LogP contribution is 2.50. The fourth-order valence-electron chi connectivity index (χ4n) is 5.72. The Balaban J connectivity index is 1.47. The van der Waals surface area contributed by atoms with Crippen molar-refractivity contribution in [2.45, 2.75) is 12.1 Å². The number of carbonyl (C=O) groups excluding carboxylic acids is 2. The van der Waals surface area contributed by atoms with Crippen LogP contribution in [0.25, 0.3) is 21.5 Å². The molecule has 7 rings (SSSR count). The van der Waals surface area contributed by atoms with Gasteiger partial charge in [0.1, 0.15) is 5.92 Å². The van der Waals surface area contributed by atoms with Gasteiger partial charge in [-0.15, -0.1) is 0 Å². The second-order valence-electron chi connectivity index (χ2n) is 9.38. The van der Waals surface area contributed by atoms with Crippen molar-refractivity contribution in [2.24, 2.45) is 5.92 Å². The molecule has 0 bridgehead atoms. The molecular formula is C31H21BrN2O3. The molecule has 2 aliphatic rings. The van der Waals surface area contributed by atoms with E-state index < -0.39 is 18.1 Å². The molecule has 2 aliphatic heterocycles. The number of para-hydroxylation sites is 1. The first-order valence-corrected chi connectivity index (χ1v) is 13.0. The van der Waals surface area contributed by atoms with Crippen LogP contribution in [0.1, 0.15) is 11.6 Å². The summed E-state index contributed by atoms with van der Waals surface area (Å²) in [5.74, 6) is -1.30. The third-order valence-electron chi connectivity index (χ3n) is 7.32. The quantitative estimate of drug-likeness (QED) is 0.183. The maximum absolute atomic E-state index is 14.1. The molecule has 180 valence electrons. The average Bonchev–Trinajstić information content (AvgIpc) is 3.44. The highest BCUT2D eigenvalue weighted by atomic mass is 79.9. The predicted octanol–water partition coefficient (Wildman–Crippen LogP) is 6.81. The summed E-state index contributed by atoms with van der Waals surface area (Å²) >= 11 is 3.43. The number of hydrogen-bond donors (Lipinski definition) is 0. The van der Waals surface area contributed by atoms with Gasteiger partial charge in [0.15, 0.2) is 6.10 Å². The second kappa shape index (κ2) is 8.54. The number of hydrogen-bond acceptors (Lipinski definition) is 4. The maximum atomic E-state index is 14.1. The lowest BCUT2D eigenvalue weighted by molar-refractivity contribution is -0.126. The third kappa shape index (κ3) is 3.40. The van der Waals surface area contributed by atoms with Crippen molar-refractivity contribution >= 4 is 60.7 Å². The summed E-state index contributed by atoms with van der Waals surface area (Å²) in [7, 11) is 0. The molecule has 0 spiro atoms. The SMILES string of the molecule is O=C1[C@@H]2[C@H](ON(c3ccccc3)[C@H]2c2c3ccccc3cc3ccccc23)C(=O)N1c1ccc(Br)cc1.